The lowest BCUT2D eigenvalue weighted by molar-refractivity contribution is 0.306. The largest absolute Gasteiger partial charge is 0.494 e. The average molecular weight is 435 g/mol. The van der Waals surface area contributed by atoms with Gasteiger partial charge in [0.05, 0.1) is 12.3 Å². The summed E-state index contributed by atoms with van der Waals surface area (Å²) in [6.45, 7) is 2.88. The summed E-state index contributed by atoms with van der Waals surface area (Å²) in [6, 6.07) is 18.2. The van der Waals surface area contributed by atoms with Gasteiger partial charge in [-0.2, -0.15) is 0 Å². The predicted octanol–water partition coefficient (Wildman–Crippen LogP) is 7.38. The molecule has 0 unspecified atom stereocenters. The van der Waals surface area contributed by atoms with Crippen molar-refractivity contribution in [1.29, 1.82) is 0 Å². The van der Waals surface area contributed by atoms with E-state index < -0.39 is 0 Å². The Labute approximate surface area is 179 Å². The molecule has 3 aromatic rings. The van der Waals surface area contributed by atoms with E-state index in [4.69, 9.17) is 44.3 Å². The van der Waals surface area contributed by atoms with E-state index >= 15 is 0 Å². The third-order valence-corrected chi connectivity index (χ3v) is 4.69. The number of ether oxygens (including phenoxy) is 2. The summed E-state index contributed by atoms with van der Waals surface area (Å²) in [5.74, 6) is 1.47. The summed E-state index contributed by atoms with van der Waals surface area (Å²) in [7, 11) is 0. The van der Waals surface area contributed by atoms with Crippen molar-refractivity contribution in [3.63, 3.8) is 0 Å². The molecule has 0 radical (unpaired) electrons. The molecule has 0 aliphatic carbocycles. The van der Waals surface area contributed by atoms with Crippen molar-refractivity contribution in [2.75, 3.05) is 6.61 Å². The van der Waals surface area contributed by atoms with Crippen LogP contribution in [0, 0.1) is 0 Å². The quantitative estimate of drug-likeness (QED) is 0.363. The van der Waals surface area contributed by atoms with Crippen molar-refractivity contribution >= 4 is 46.7 Å². The summed E-state index contributed by atoms with van der Waals surface area (Å²) >= 11 is 18.3. The highest BCUT2D eigenvalue weighted by molar-refractivity contribution is 6.35. The highest BCUT2D eigenvalue weighted by Crippen LogP contribution is 2.26. The van der Waals surface area contributed by atoms with Crippen LogP contribution in [0.2, 0.25) is 15.1 Å². The number of nitrogens with zero attached hydrogens (tertiary/aromatic N) is 1. The molecule has 144 valence electrons. The molecular formula is C22H18Cl3NO2. The smallest absolute Gasteiger partial charge is 0.128 e. The van der Waals surface area contributed by atoms with E-state index in [1.807, 2.05) is 43.3 Å². The first kappa shape index (κ1) is 20.5. The molecule has 3 rings (SSSR count). The first-order valence-corrected chi connectivity index (χ1v) is 9.82. The minimum atomic E-state index is 0.307. The zero-order valence-corrected chi connectivity index (χ0v) is 17.4. The predicted molar refractivity (Wildman–Crippen MR) is 117 cm³/mol. The zero-order valence-electron chi connectivity index (χ0n) is 15.2. The van der Waals surface area contributed by atoms with E-state index in [-0.39, 0.29) is 0 Å². The maximum atomic E-state index is 6.22. The Morgan fingerprint density at radius 2 is 1.57 bits per heavy atom. The van der Waals surface area contributed by atoms with E-state index in [0.717, 1.165) is 22.6 Å². The van der Waals surface area contributed by atoms with Gasteiger partial charge in [0, 0.05) is 32.4 Å². The molecule has 3 nitrogen and oxygen atoms in total. The maximum Gasteiger partial charge on any atom is 0.128 e. The minimum absolute atomic E-state index is 0.307. The van der Waals surface area contributed by atoms with Gasteiger partial charge >= 0.3 is 0 Å². The zero-order chi connectivity index (χ0) is 19.9. The standard InChI is InChI=1S/C22H18Cl3NO2/c1-2-27-20-8-6-19(7-9-20)26-13-16-11-17(23)5-10-22(16)28-14-15-3-4-18(24)12-21(15)25/h3-13H,2,14H2,1H3. The number of hydrogen-bond donors (Lipinski definition) is 0. The van der Waals surface area contributed by atoms with E-state index in [0.29, 0.717) is 34.0 Å². The second-order valence-corrected chi connectivity index (χ2v) is 7.17. The van der Waals surface area contributed by atoms with E-state index in [1.165, 1.54) is 0 Å². The van der Waals surface area contributed by atoms with Crippen LogP contribution in [0.15, 0.2) is 65.7 Å². The first-order valence-electron chi connectivity index (χ1n) is 8.68. The van der Waals surface area contributed by atoms with Gasteiger partial charge < -0.3 is 9.47 Å². The summed E-state index contributed by atoms with van der Waals surface area (Å²) in [6.07, 6.45) is 1.72. The van der Waals surface area contributed by atoms with Gasteiger partial charge in [0.2, 0.25) is 0 Å². The SMILES string of the molecule is CCOc1ccc(N=Cc2cc(Cl)ccc2OCc2ccc(Cl)cc2Cl)cc1. The van der Waals surface area contributed by atoms with Gasteiger partial charge in [-0.3, -0.25) is 4.99 Å². The highest BCUT2D eigenvalue weighted by Gasteiger charge is 2.07. The molecule has 28 heavy (non-hydrogen) atoms. The monoisotopic (exact) mass is 433 g/mol. The van der Waals surface area contributed by atoms with Crippen molar-refractivity contribution in [3.8, 4) is 11.5 Å². The molecule has 3 aromatic carbocycles. The fraction of sp³-hybridized carbons (Fsp3) is 0.136. The molecule has 0 aliphatic heterocycles. The molecule has 0 saturated heterocycles. The normalized spacial score (nSPS) is 11.0. The molecule has 0 atom stereocenters. The molecule has 0 spiro atoms. The van der Waals surface area contributed by atoms with Crippen molar-refractivity contribution in [3.05, 3.63) is 86.9 Å². The number of halogens is 3. The Hall–Kier alpha value is -2.20. The highest BCUT2D eigenvalue weighted by atomic mass is 35.5. The minimum Gasteiger partial charge on any atom is -0.494 e. The Balaban J connectivity index is 1.76. The van der Waals surface area contributed by atoms with Crippen molar-refractivity contribution in [1.82, 2.24) is 0 Å². The Bertz CT molecular complexity index is 972. The molecule has 0 aromatic heterocycles. The molecule has 0 bridgehead atoms. The second-order valence-electron chi connectivity index (χ2n) is 5.89. The lowest BCUT2D eigenvalue weighted by Gasteiger charge is -2.11. The van der Waals surface area contributed by atoms with Crippen LogP contribution in [0.3, 0.4) is 0 Å². The third kappa shape index (κ3) is 5.65. The van der Waals surface area contributed by atoms with Crippen LogP contribution in [0.25, 0.3) is 0 Å². The van der Waals surface area contributed by atoms with Crippen LogP contribution in [0.4, 0.5) is 5.69 Å². The summed E-state index contributed by atoms with van der Waals surface area (Å²) < 4.78 is 11.4. The summed E-state index contributed by atoms with van der Waals surface area (Å²) in [5.41, 5.74) is 2.41. The van der Waals surface area contributed by atoms with Crippen molar-refractivity contribution in [2.24, 2.45) is 4.99 Å². The maximum absolute atomic E-state index is 6.22. The molecular weight excluding hydrogens is 417 g/mol. The molecule has 0 aliphatic rings. The molecule has 0 fully saturated rings. The van der Waals surface area contributed by atoms with Gasteiger partial charge in [0.25, 0.3) is 0 Å². The first-order chi connectivity index (χ1) is 13.5. The number of benzene rings is 3. The van der Waals surface area contributed by atoms with Gasteiger partial charge in [-0.1, -0.05) is 40.9 Å². The van der Waals surface area contributed by atoms with E-state index in [2.05, 4.69) is 4.99 Å². The fourth-order valence-corrected chi connectivity index (χ4v) is 3.13. The van der Waals surface area contributed by atoms with Crippen LogP contribution < -0.4 is 9.47 Å². The van der Waals surface area contributed by atoms with Crippen LogP contribution in [-0.2, 0) is 6.61 Å². The van der Waals surface area contributed by atoms with Gasteiger partial charge in [0.15, 0.2) is 0 Å². The summed E-state index contributed by atoms with van der Waals surface area (Å²) in [5, 5.41) is 1.75. The summed E-state index contributed by atoms with van der Waals surface area (Å²) in [4.78, 5) is 4.50. The van der Waals surface area contributed by atoms with Crippen molar-refractivity contribution in [2.45, 2.75) is 13.5 Å². The number of hydrogen-bond acceptors (Lipinski definition) is 3. The molecule has 6 heteroatoms. The van der Waals surface area contributed by atoms with Gasteiger partial charge in [-0.25, -0.2) is 0 Å². The van der Waals surface area contributed by atoms with Crippen LogP contribution in [0.1, 0.15) is 18.1 Å². The van der Waals surface area contributed by atoms with Crippen LogP contribution in [0.5, 0.6) is 11.5 Å². The third-order valence-electron chi connectivity index (χ3n) is 3.87. The van der Waals surface area contributed by atoms with Gasteiger partial charge in [0.1, 0.15) is 18.1 Å². The van der Waals surface area contributed by atoms with E-state index in [9.17, 15) is 0 Å². The Kier molecular flexibility index (Phi) is 7.21. The number of rotatable bonds is 7. The topological polar surface area (TPSA) is 30.8 Å². The molecule has 0 saturated carbocycles. The van der Waals surface area contributed by atoms with Gasteiger partial charge in [-0.05, 0) is 61.5 Å². The van der Waals surface area contributed by atoms with Crippen LogP contribution in [-0.4, -0.2) is 12.8 Å². The molecule has 0 heterocycles. The Morgan fingerprint density at radius 1 is 0.857 bits per heavy atom. The Morgan fingerprint density at radius 3 is 2.29 bits per heavy atom. The lowest BCUT2D eigenvalue weighted by atomic mass is 10.2. The lowest BCUT2D eigenvalue weighted by Crippen LogP contribution is -1.99. The van der Waals surface area contributed by atoms with E-state index in [1.54, 1.807) is 30.5 Å². The molecule has 0 N–H and O–H groups in total. The molecule has 0 amide bonds. The van der Waals surface area contributed by atoms with Gasteiger partial charge in [-0.15, -0.1) is 0 Å². The second kappa shape index (κ2) is 9.83. The number of aliphatic imine (C=N–C) groups is 1. The van der Waals surface area contributed by atoms with Crippen molar-refractivity contribution < 1.29 is 9.47 Å². The van der Waals surface area contributed by atoms with Crippen LogP contribution >= 0.6 is 34.8 Å². The average Bonchev–Trinajstić information content (AvgIpc) is 2.68. The fourth-order valence-electron chi connectivity index (χ4n) is 2.49.